The smallest absolute Gasteiger partial charge is 0.249 e. The summed E-state index contributed by atoms with van der Waals surface area (Å²) in [4.78, 5) is 14.0. The Balaban J connectivity index is 2.67. The maximum atomic E-state index is 12.1. The molecule has 86 valence electrons. The first-order chi connectivity index (χ1) is 7.20. The molecule has 1 atom stereocenters. The van der Waals surface area contributed by atoms with Crippen molar-refractivity contribution in [2.45, 2.75) is 45.6 Å². The van der Waals surface area contributed by atoms with Crippen molar-refractivity contribution in [3.05, 3.63) is 11.6 Å². The highest BCUT2D eigenvalue weighted by Gasteiger charge is 2.25. The van der Waals surface area contributed by atoms with Crippen molar-refractivity contribution in [2.24, 2.45) is 5.73 Å². The molecule has 1 aliphatic heterocycles. The molecule has 3 heteroatoms. The van der Waals surface area contributed by atoms with E-state index in [9.17, 15) is 4.79 Å². The van der Waals surface area contributed by atoms with Crippen LogP contribution in [0.4, 0.5) is 0 Å². The number of nitrogens with two attached hydrogens (primary N) is 1. The number of piperidine rings is 1. The first-order valence-electron chi connectivity index (χ1n) is 5.88. The number of likely N-dealkylation sites (tertiary alicyclic amines) is 1. The SMILES string of the molecule is CCC=C(C)C(=O)N1CCCC[C@@H]1CN. The Morgan fingerprint density at radius 3 is 2.87 bits per heavy atom. The fourth-order valence-electron chi connectivity index (χ4n) is 2.13. The van der Waals surface area contributed by atoms with E-state index < -0.39 is 0 Å². The van der Waals surface area contributed by atoms with Crippen molar-refractivity contribution >= 4 is 5.91 Å². The molecule has 1 rings (SSSR count). The summed E-state index contributed by atoms with van der Waals surface area (Å²) in [7, 11) is 0. The van der Waals surface area contributed by atoms with Crippen LogP contribution in [0.25, 0.3) is 0 Å². The predicted molar refractivity (Wildman–Crippen MR) is 62.5 cm³/mol. The largest absolute Gasteiger partial charge is 0.335 e. The van der Waals surface area contributed by atoms with E-state index >= 15 is 0 Å². The van der Waals surface area contributed by atoms with Crippen LogP contribution < -0.4 is 5.73 Å². The molecule has 0 unspecified atom stereocenters. The normalized spacial score (nSPS) is 23.0. The third kappa shape index (κ3) is 3.06. The molecule has 15 heavy (non-hydrogen) atoms. The van der Waals surface area contributed by atoms with Crippen molar-refractivity contribution in [3.8, 4) is 0 Å². The molecule has 0 aromatic carbocycles. The van der Waals surface area contributed by atoms with Gasteiger partial charge in [-0.05, 0) is 32.6 Å². The molecule has 1 heterocycles. The van der Waals surface area contributed by atoms with E-state index in [-0.39, 0.29) is 11.9 Å². The van der Waals surface area contributed by atoms with Gasteiger partial charge in [-0.3, -0.25) is 4.79 Å². The highest BCUT2D eigenvalue weighted by Crippen LogP contribution is 2.18. The van der Waals surface area contributed by atoms with Gasteiger partial charge in [-0.25, -0.2) is 0 Å². The van der Waals surface area contributed by atoms with Gasteiger partial charge in [0.25, 0.3) is 0 Å². The van der Waals surface area contributed by atoms with Crippen LogP contribution in [0.2, 0.25) is 0 Å². The van der Waals surface area contributed by atoms with E-state index in [0.717, 1.165) is 31.4 Å². The fourth-order valence-corrected chi connectivity index (χ4v) is 2.13. The molecule has 1 saturated heterocycles. The average molecular weight is 210 g/mol. The molecule has 0 aliphatic carbocycles. The third-order valence-electron chi connectivity index (χ3n) is 3.01. The topological polar surface area (TPSA) is 46.3 Å². The first-order valence-corrected chi connectivity index (χ1v) is 5.88. The molecule has 3 nitrogen and oxygen atoms in total. The summed E-state index contributed by atoms with van der Waals surface area (Å²) < 4.78 is 0. The van der Waals surface area contributed by atoms with Crippen LogP contribution in [0.3, 0.4) is 0 Å². The van der Waals surface area contributed by atoms with Gasteiger partial charge in [0.05, 0.1) is 0 Å². The lowest BCUT2D eigenvalue weighted by atomic mass is 10.0. The first kappa shape index (κ1) is 12.2. The van der Waals surface area contributed by atoms with Gasteiger partial charge in [0.1, 0.15) is 0 Å². The Bertz CT molecular complexity index is 248. The fraction of sp³-hybridized carbons (Fsp3) is 0.750. The molecule has 0 radical (unpaired) electrons. The average Bonchev–Trinajstić information content (AvgIpc) is 2.28. The number of allylic oxidation sites excluding steroid dienone is 1. The van der Waals surface area contributed by atoms with E-state index in [1.165, 1.54) is 6.42 Å². The number of carbonyl (C=O) groups excluding carboxylic acids is 1. The number of nitrogens with zero attached hydrogens (tertiary/aromatic N) is 1. The maximum absolute atomic E-state index is 12.1. The van der Waals surface area contributed by atoms with Gasteiger partial charge in [-0.15, -0.1) is 0 Å². The minimum absolute atomic E-state index is 0.173. The molecule has 2 N–H and O–H groups in total. The highest BCUT2D eigenvalue weighted by molar-refractivity contribution is 5.93. The molecule has 1 fully saturated rings. The number of hydrogen-bond donors (Lipinski definition) is 1. The minimum atomic E-state index is 0.173. The van der Waals surface area contributed by atoms with Crippen molar-refractivity contribution in [1.29, 1.82) is 0 Å². The molecular weight excluding hydrogens is 188 g/mol. The Labute approximate surface area is 92.3 Å². The molecular formula is C12H22N2O. The summed E-state index contributed by atoms with van der Waals surface area (Å²) in [5, 5.41) is 0. The van der Waals surface area contributed by atoms with Crippen molar-refractivity contribution in [1.82, 2.24) is 4.90 Å². The molecule has 0 saturated carbocycles. The molecule has 0 aromatic heterocycles. The van der Waals surface area contributed by atoms with Crippen LogP contribution in [0.5, 0.6) is 0 Å². The van der Waals surface area contributed by atoms with Crippen molar-refractivity contribution in [2.75, 3.05) is 13.1 Å². The van der Waals surface area contributed by atoms with Crippen molar-refractivity contribution < 1.29 is 4.79 Å². The van der Waals surface area contributed by atoms with Gasteiger partial charge in [0.2, 0.25) is 5.91 Å². The Hall–Kier alpha value is -0.830. The van der Waals surface area contributed by atoms with Gasteiger partial charge in [0.15, 0.2) is 0 Å². The second-order valence-electron chi connectivity index (χ2n) is 4.18. The second kappa shape index (κ2) is 5.91. The number of carbonyl (C=O) groups is 1. The summed E-state index contributed by atoms with van der Waals surface area (Å²) in [6, 6.07) is 0.256. The lowest BCUT2D eigenvalue weighted by molar-refractivity contribution is -0.130. The zero-order chi connectivity index (χ0) is 11.3. The lowest BCUT2D eigenvalue weighted by Crippen LogP contribution is -2.47. The summed E-state index contributed by atoms with van der Waals surface area (Å²) >= 11 is 0. The van der Waals surface area contributed by atoms with Gasteiger partial charge in [-0.1, -0.05) is 13.0 Å². The predicted octanol–water partition coefficient (Wildman–Crippen LogP) is 1.68. The Morgan fingerprint density at radius 1 is 1.53 bits per heavy atom. The van der Waals surface area contributed by atoms with Gasteiger partial charge in [0, 0.05) is 24.7 Å². The van der Waals surface area contributed by atoms with E-state index in [0.29, 0.717) is 6.54 Å². The van der Waals surface area contributed by atoms with Crippen LogP contribution in [0.1, 0.15) is 39.5 Å². The van der Waals surface area contributed by atoms with Crippen molar-refractivity contribution in [3.63, 3.8) is 0 Å². The third-order valence-corrected chi connectivity index (χ3v) is 3.01. The molecule has 0 aromatic rings. The molecule has 1 aliphatic rings. The molecule has 0 spiro atoms. The van der Waals surface area contributed by atoms with Crippen LogP contribution in [-0.4, -0.2) is 29.9 Å². The molecule has 1 amide bonds. The number of rotatable bonds is 3. The highest BCUT2D eigenvalue weighted by atomic mass is 16.2. The minimum Gasteiger partial charge on any atom is -0.335 e. The monoisotopic (exact) mass is 210 g/mol. The number of amides is 1. The lowest BCUT2D eigenvalue weighted by Gasteiger charge is -2.35. The summed E-state index contributed by atoms with van der Waals surface area (Å²) in [6.45, 7) is 5.40. The van der Waals surface area contributed by atoms with Gasteiger partial charge >= 0.3 is 0 Å². The summed E-state index contributed by atoms with van der Waals surface area (Å²) in [5.41, 5.74) is 6.55. The Morgan fingerprint density at radius 2 is 2.27 bits per heavy atom. The quantitative estimate of drug-likeness (QED) is 0.720. The summed E-state index contributed by atoms with van der Waals surface area (Å²) in [5.74, 6) is 0.173. The zero-order valence-electron chi connectivity index (χ0n) is 9.83. The van der Waals surface area contributed by atoms with Crippen LogP contribution >= 0.6 is 0 Å². The molecule has 0 bridgehead atoms. The van der Waals surface area contributed by atoms with Crippen LogP contribution in [0.15, 0.2) is 11.6 Å². The maximum Gasteiger partial charge on any atom is 0.249 e. The number of hydrogen-bond acceptors (Lipinski definition) is 2. The van der Waals surface area contributed by atoms with E-state index in [1.54, 1.807) is 0 Å². The van der Waals surface area contributed by atoms with E-state index in [1.807, 2.05) is 24.8 Å². The second-order valence-corrected chi connectivity index (χ2v) is 4.18. The standard InChI is InChI=1S/C12H22N2O/c1-3-6-10(2)12(15)14-8-5-4-7-11(14)9-13/h6,11H,3-5,7-9,13H2,1-2H3/t11-/m1/s1. The summed E-state index contributed by atoms with van der Waals surface area (Å²) in [6.07, 6.45) is 6.27. The Kier molecular flexibility index (Phi) is 4.82. The van der Waals surface area contributed by atoms with E-state index in [2.05, 4.69) is 0 Å². The van der Waals surface area contributed by atoms with E-state index in [4.69, 9.17) is 5.73 Å². The van der Waals surface area contributed by atoms with Crippen LogP contribution in [-0.2, 0) is 4.79 Å². The van der Waals surface area contributed by atoms with Gasteiger partial charge < -0.3 is 10.6 Å². The van der Waals surface area contributed by atoms with Gasteiger partial charge in [-0.2, -0.15) is 0 Å². The van der Waals surface area contributed by atoms with Crippen LogP contribution in [0, 0.1) is 0 Å². The zero-order valence-corrected chi connectivity index (χ0v) is 9.83.